The van der Waals surface area contributed by atoms with E-state index in [0.29, 0.717) is 30.2 Å². The van der Waals surface area contributed by atoms with Gasteiger partial charge in [0.1, 0.15) is 11.6 Å². The molecule has 2 unspecified atom stereocenters. The predicted molar refractivity (Wildman–Crippen MR) is 88.1 cm³/mol. The number of nitrogens with one attached hydrogen (secondary N) is 2. The normalized spacial score (nSPS) is 26.3. The number of amides is 1. The fourth-order valence-corrected chi connectivity index (χ4v) is 3.75. The first kappa shape index (κ1) is 16.2. The highest BCUT2D eigenvalue weighted by atomic mass is 19.1. The van der Waals surface area contributed by atoms with Crippen molar-refractivity contribution in [2.24, 2.45) is 5.92 Å². The average Bonchev–Trinajstić information content (AvgIpc) is 2.80. The molecule has 1 aromatic rings. The van der Waals surface area contributed by atoms with E-state index < -0.39 is 5.82 Å². The first-order valence-electron chi connectivity index (χ1n) is 8.51. The minimum Gasteiger partial charge on any atom is -0.491 e. The lowest BCUT2D eigenvalue weighted by atomic mass is 9.89. The Morgan fingerprint density at radius 1 is 1.35 bits per heavy atom. The van der Waals surface area contributed by atoms with Gasteiger partial charge in [-0.3, -0.25) is 4.79 Å². The summed E-state index contributed by atoms with van der Waals surface area (Å²) >= 11 is 0. The van der Waals surface area contributed by atoms with E-state index in [9.17, 15) is 9.18 Å². The zero-order chi connectivity index (χ0) is 16.4. The third-order valence-electron chi connectivity index (χ3n) is 4.63. The van der Waals surface area contributed by atoms with Crippen LogP contribution in [0.1, 0.15) is 46.0 Å². The fourth-order valence-electron chi connectivity index (χ4n) is 3.75. The molecule has 0 aliphatic carbocycles. The van der Waals surface area contributed by atoms with Gasteiger partial charge in [0.15, 0.2) is 0 Å². The molecule has 1 amide bonds. The van der Waals surface area contributed by atoms with Crippen LogP contribution >= 0.6 is 0 Å². The van der Waals surface area contributed by atoms with Crippen LogP contribution in [0.4, 0.5) is 10.1 Å². The van der Waals surface area contributed by atoms with Gasteiger partial charge in [-0.15, -0.1) is 0 Å². The van der Waals surface area contributed by atoms with E-state index in [-0.39, 0.29) is 17.7 Å². The second kappa shape index (κ2) is 6.87. The molecule has 2 bridgehead atoms. The van der Waals surface area contributed by atoms with E-state index in [1.54, 1.807) is 12.1 Å². The van der Waals surface area contributed by atoms with Crippen molar-refractivity contribution >= 4 is 11.6 Å². The Kier molecular flexibility index (Phi) is 4.85. The topological polar surface area (TPSA) is 50.4 Å². The Morgan fingerprint density at radius 3 is 2.65 bits per heavy atom. The standard InChI is InChI=1S/C18H25FN2O2/c1-11(2)23-15-5-6-17(16(19)10-15)21-18(22)9-12-7-13-3-4-14(8-12)20-13/h5-6,10-14,20H,3-4,7-9H2,1-2H3,(H,21,22). The van der Waals surface area contributed by atoms with Gasteiger partial charge in [-0.1, -0.05) is 0 Å². The van der Waals surface area contributed by atoms with Crippen LogP contribution in [0.15, 0.2) is 18.2 Å². The summed E-state index contributed by atoms with van der Waals surface area (Å²) in [6, 6.07) is 5.70. The number of carbonyl (C=O) groups is 1. The maximum absolute atomic E-state index is 14.1. The van der Waals surface area contributed by atoms with Gasteiger partial charge in [0.2, 0.25) is 5.91 Å². The van der Waals surface area contributed by atoms with Crippen molar-refractivity contribution in [3.63, 3.8) is 0 Å². The number of hydrogen-bond acceptors (Lipinski definition) is 3. The monoisotopic (exact) mass is 320 g/mol. The number of piperidine rings is 1. The van der Waals surface area contributed by atoms with Gasteiger partial charge in [0.25, 0.3) is 0 Å². The van der Waals surface area contributed by atoms with Crippen molar-refractivity contribution in [1.29, 1.82) is 0 Å². The van der Waals surface area contributed by atoms with Crippen molar-refractivity contribution in [1.82, 2.24) is 5.32 Å². The van der Waals surface area contributed by atoms with E-state index in [1.165, 1.54) is 18.9 Å². The molecule has 0 aromatic heterocycles. The maximum Gasteiger partial charge on any atom is 0.224 e. The zero-order valence-corrected chi connectivity index (χ0v) is 13.8. The first-order valence-corrected chi connectivity index (χ1v) is 8.51. The van der Waals surface area contributed by atoms with E-state index in [2.05, 4.69) is 10.6 Å². The molecule has 0 saturated carbocycles. The number of hydrogen-bond donors (Lipinski definition) is 2. The lowest BCUT2D eigenvalue weighted by Crippen LogP contribution is -2.39. The molecule has 2 N–H and O–H groups in total. The number of anilines is 1. The molecule has 2 aliphatic heterocycles. The molecule has 1 aromatic carbocycles. The molecule has 23 heavy (non-hydrogen) atoms. The van der Waals surface area contributed by atoms with Crippen molar-refractivity contribution in [3.8, 4) is 5.75 Å². The molecule has 3 rings (SSSR count). The summed E-state index contributed by atoms with van der Waals surface area (Å²) in [6.45, 7) is 3.78. The summed E-state index contributed by atoms with van der Waals surface area (Å²) in [7, 11) is 0. The Labute approximate surface area is 136 Å². The van der Waals surface area contributed by atoms with Gasteiger partial charge in [0.05, 0.1) is 11.8 Å². The summed E-state index contributed by atoms with van der Waals surface area (Å²) in [6.07, 6.45) is 4.99. The van der Waals surface area contributed by atoms with Crippen LogP contribution < -0.4 is 15.4 Å². The third-order valence-corrected chi connectivity index (χ3v) is 4.63. The molecular weight excluding hydrogens is 295 g/mol. The van der Waals surface area contributed by atoms with Crippen molar-refractivity contribution in [3.05, 3.63) is 24.0 Å². The highest BCUT2D eigenvalue weighted by Gasteiger charge is 2.34. The highest BCUT2D eigenvalue weighted by Crippen LogP contribution is 2.33. The van der Waals surface area contributed by atoms with Gasteiger partial charge in [-0.25, -0.2) is 4.39 Å². The zero-order valence-electron chi connectivity index (χ0n) is 13.8. The van der Waals surface area contributed by atoms with Crippen LogP contribution in [0, 0.1) is 11.7 Å². The van der Waals surface area contributed by atoms with Gasteiger partial charge in [-0.05, 0) is 57.6 Å². The highest BCUT2D eigenvalue weighted by molar-refractivity contribution is 5.91. The largest absolute Gasteiger partial charge is 0.491 e. The molecule has 2 atom stereocenters. The Bertz CT molecular complexity index is 564. The van der Waals surface area contributed by atoms with Crippen molar-refractivity contribution in [2.75, 3.05) is 5.32 Å². The molecule has 0 spiro atoms. The number of carbonyl (C=O) groups excluding carboxylic acids is 1. The summed E-state index contributed by atoms with van der Waals surface area (Å²) < 4.78 is 19.5. The van der Waals surface area contributed by atoms with Crippen molar-refractivity contribution < 1.29 is 13.9 Å². The minimum atomic E-state index is -0.457. The van der Waals surface area contributed by atoms with Crippen LogP contribution in [-0.4, -0.2) is 24.1 Å². The number of benzene rings is 1. The quantitative estimate of drug-likeness (QED) is 0.873. The predicted octanol–water partition coefficient (Wildman–Crippen LogP) is 3.47. The third kappa shape index (κ3) is 4.22. The van der Waals surface area contributed by atoms with E-state index in [1.807, 2.05) is 13.8 Å². The van der Waals surface area contributed by atoms with Crippen LogP contribution in [0.5, 0.6) is 5.75 Å². The molecule has 2 fully saturated rings. The van der Waals surface area contributed by atoms with Gasteiger partial charge >= 0.3 is 0 Å². The Balaban J connectivity index is 1.55. The van der Waals surface area contributed by atoms with Crippen LogP contribution in [0.25, 0.3) is 0 Å². The average molecular weight is 320 g/mol. The van der Waals surface area contributed by atoms with E-state index in [0.717, 1.165) is 12.8 Å². The molecule has 0 radical (unpaired) electrons. The second-order valence-electron chi connectivity index (χ2n) is 7.04. The smallest absolute Gasteiger partial charge is 0.224 e. The van der Waals surface area contributed by atoms with Crippen LogP contribution in [0.2, 0.25) is 0 Å². The molecule has 126 valence electrons. The van der Waals surface area contributed by atoms with Crippen molar-refractivity contribution in [2.45, 2.75) is 64.1 Å². The Hall–Kier alpha value is -1.62. The lowest BCUT2D eigenvalue weighted by molar-refractivity contribution is -0.117. The Morgan fingerprint density at radius 2 is 2.04 bits per heavy atom. The summed E-state index contributed by atoms with van der Waals surface area (Å²) in [5.41, 5.74) is 0.225. The van der Waals surface area contributed by atoms with Gasteiger partial charge in [0, 0.05) is 24.6 Å². The van der Waals surface area contributed by atoms with E-state index in [4.69, 9.17) is 4.74 Å². The van der Waals surface area contributed by atoms with Gasteiger partial charge in [-0.2, -0.15) is 0 Å². The SMILES string of the molecule is CC(C)Oc1ccc(NC(=O)CC2CC3CCC(C2)N3)c(F)c1. The maximum atomic E-state index is 14.1. The molecule has 5 heteroatoms. The number of ether oxygens (including phenoxy) is 1. The van der Waals surface area contributed by atoms with Gasteiger partial charge < -0.3 is 15.4 Å². The fraction of sp³-hybridized carbons (Fsp3) is 0.611. The second-order valence-corrected chi connectivity index (χ2v) is 7.04. The minimum absolute atomic E-state index is 0.00915. The van der Waals surface area contributed by atoms with Crippen LogP contribution in [0.3, 0.4) is 0 Å². The lowest BCUT2D eigenvalue weighted by Gasteiger charge is -2.28. The summed E-state index contributed by atoms with van der Waals surface area (Å²) in [5.74, 6) is 0.320. The molecule has 2 heterocycles. The van der Waals surface area contributed by atoms with Crippen LogP contribution in [-0.2, 0) is 4.79 Å². The van der Waals surface area contributed by atoms with E-state index >= 15 is 0 Å². The first-order chi connectivity index (χ1) is 11.0. The molecule has 2 aliphatic rings. The number of fused-ring (bicyclic) bond motifs is 2. The molecular formula is C18H25FN2O2. The summed E-state index contributed by atoms with van der Waals surface area (Å²) in [5, 5.41) is 6.27. The summed E-state index contributed by atoms with van der Waals surface area (Å²) in [4.78, 5) is 12.2. The number of halogens is 1. The molecule has 4 nitrogen and oxygen atoms in total. The molecule has 2 saturated heterocycles. The number of rotatable bonds is 5.